The molecule has 96 valence electrons. The van der Waals surface area contributed by atoms with Crippen molar-refractivity contribution in [3.63, 3.8) is 0 Å². The van der Waals surface area contributed by atoms with Gasteiger partial charge in [0.1, 0.15) is 0 Å². The molecule has 0 heterocycles. The van der Waals surface area contributed by atoms with Crippen molar-refractivity contribution in [2.45, 2.75) is 85.6 Å². The fourth-order valence-electron chi connectivity index (χ4n) is 2.16. The molecule has 0 fully saturated rings. The molecule has 0 saturated heterocycles. The standard InChI is InChI=1S/C15H31N/c1-6-7-8-9-10-11-14(4)16-15(5)12-13(2)3/h13,15H,6-12H2,1-5H3. The van der Waals surface area contributed by atoms with Crippen LogP contribution in [0.25, 0.3) is 0 Å². The van der Waals surface area contributed by atoms with E-state index in [4.69, 9.17) is 4.99 Å². The SMILES string of the molecule is CCCCCCCC(C)=NC(C)CC(C)C. The summed E-state index contributed by atoms with van der Waals surface area (Å²) >= 11 is 0. The van der Waals surface area contributed by atoms with Gasteiger partial charge in [-0.25, -0.2) is 0 Å². The van der Waals surface area contributed by atoms with Crippen LogP contribution in [0.1, 0.15) is 79.6 Å². The number of hydrogen-bond acceptors (Lipinski definition) is 1. The Hall–Kier alpha value is -0.330. The second-order valence-corrected chi connectivity index (χ2v) is 5.51. The second kappa shape index (κ2) is 9.86. The van der Waals surface area contributed by atoms with Crippen molar-refractivity contribution in [1.82, 2.24) is 0 Å². The minimum atomic E-state index is 0.510. The zero-order chi connectivity index (χ0) is 12.4. The Morgan fingerprint density at radius 1 is 1.00 bits per heavy atom. The fourth-order valence-corrected chi connectivity index (χ4v) is 2.16. The number of unbranched alkanes of at least 4 members (excludes halogenated alkanes) is 4. The smallest absolute Gasteiger partial charge is 0.0473 e. The molecule has 0 spiro atoms. The quantitative estimate of drug-likeness (QED) is 0.376. The number of nitrogens with zero attached hydrogens (tertiary/aromatic N) is 1. The van der Waals surface area contributed by atoms with Crippen LogP contribution in [0.3, 0.4) is 0 Å². The van der Waals surface area contributed by atoms with Crippen LogP contribution in [0.5, 0.6) is 0 Å². The van der Waals surface area contributed by atoms with Gasteiger partial charge in [0.15, 0.2) is 0 Å². The molecule has 0 aliphatic carbocycles. The average molecular weight is 225 g/mol. The third kappa shape index (κ3) is 10.2. The van der Waals surface area contributed by atoms with E-state index < -0.39 is 0 Å². The van der Waals surface area contributed by atoms with Crippen molar-refractivity contribution in [2.24, 2.45) is 10.9 Å². The van der Waals surface area contributed by atoms with Crippen LogP contribution in [-0.2, 0) is 0 Å². The Labute approximate surface area is 103 Å². The van der Waals surface area contributed by atoms with Gasteiger partial charge < -0.3 is 0 Å². The maximum Gasteiger partial charge on any atom is 0.0473 e. The molecule has 1 atom stereocenters. The molecule has 0 radical (unpaired) electrons. The van der Waals surface area contributed by atoms with Gasteiger partial charge in [-0.05, 0) is 39.0 Å². The molecule has 0 N–H and O–H groups in total. The largest absolute Gasteiger partial charge is 0.291 e. The molecular formula is C15H31N. The lowest BCUT2D eigenvalue weighted by atomic mass is 10.0. The van der Waals surface area contributed by atoms with E-state index in [0.29, 0.717) is 6.04 Å². The normalized spacial score (nSPS) is 14.5. The van der Waals surface area contributed by atoms with E-state index >= 15 is 0 Å². The summed E-state index contributed by atoms with van der Waals surface area (Å²) in [5.74, 6) is 0.760. The summed E-state index contributed by atoms with van der Waals surface area (Å²) in [5.41, 5.74) is 1.35. The molecule has 1 nitrogen and oxygen atoms in total. The number of hydrogen-bond donors (Lipinski definition) is 0. The second-order valence-electron chi connectivity index (χ2n) is 5.51. The van der Waals surface area contributed by atoms with Crippen LogP contribution in [0.4, 0.5) is 0 Å². The molecular weight excluding hydrogens is 194 g/mol. The van der Waals surface area contributed by atoms with Gasteiger partial charge in [0, 0.05) is 11.8 Å². The van der Waals surface area contributed by atoms with Crippen molar-refractivity contribution < 1.29 is 0 Å². The topological polar surface area (TPSA) is 12.4 Å². The van der Waals surface area contributed by atoms with Gasteiger partial charge in [-0.2, -0.15) is 0 Å². The molecule has 0 saturated carbocycles. The maximum atomic E-state index is 4.75. The summed E-state index contributed by atoms with van der Waals surface area (Å²) in [7, 11) is 0. The Kier molecular flexibility index (Phi) is 9.66. The lowest BCUT2D eigenvalue weighted by Crippen LogP contribution is -2.06. The van der Waals surface area contributed by atoms with Crippen molar-refractivity contribution in [3.8, 4) is 0 Å². The summed E-state index contributed by atoms with van der Waals surface area (Å²) in [6, 6.07) is 0.510. The molecule has 0 amide bonds. The first-order valence-corrected chi connectivity index (χ1v) is 7.09. The van der Waals surface area contributed by atoms with Crippen molar-refractivity contribution in [3.05, 3.63) is 0 Å². The molecule has 0 bridgehead atoms. The summed E-state index contributed by atoms with van der Waals surface area (Å²) in [5, 5.41) is 0. The minimum Gasteiger partial charge on any atom is -0.291 e. The third-order valence-corrected chi connectivity index (χ3v) is 2.90. The Bertz CT molecular complexity index is 182. The summed E-state index contributed by atoms with van der Waals surface area (Å²) < 4.78 is 0. The summed E-state index contributed by atoms with van der Waals surface area (Å²) in [6.45, 7) is 11.2. The van der Waals surface area contributed by atoms with Gasteiger partial charge in [0.05, 0.1) is 0 Å². The van der Waals surface area contributed by atoms with Crippen molar-refractivity contribution >= 4 is 5.71 Å². The Balaban J connectivity index is 3.61. The predicted molar refractivity (Wildman–Crippen MR) is 75.4 cm³/mol. The van der Waals surface area contributed by atoms with Crippen molar-refractivity contribution in [2.75, 3.05) is 0 Å². The fraction of sp³-hybridized carbons (Fsp3) is 0.933. The van der Waals surface area contributed by atoms with E-state index in [1.807, 2.05) is 0 Å². The van der Waals surface area contributed by atoms with Crippen LogP contribution in [0.15, 0.2) is 4.99 Å². The van der Waals surface area contributed by atoms with E-state index in [2.05, 4.69) is 34.6 Å². The molecule has 0 aromatic carbocycles. The predicted octanol–water partition coefficient (Wildman–Crippen LogP) is 5.24. The van der Waals surface area contributed by atoms with Gasteiger partial charge in [-0.15, -0.1) is 0 Å². The molecule has 0 rings (SSSR count). The van der Waals surface area contributed by atoms with Crippen LogP contribution < -0.4 is 0 Å². The highest BCUT2D eigenvalue weighted by Crippen LogP contribution is 2.10. The summed E-state index contributed by atoms with van der Waals surface area (Å²) in [4.78, 5) is 4.75. The Morgan fingerprint density at radius 3 is 2.19 bits per heavy atom. The van der Waals surface area contributed by atoms with Crippen LogP contribution in [0.2, 0.25) is 0 Å². The van der Waals surface area contributed by atoms with E-state index in [0.717, 1.165) is 5.92 Å². The first kappa shape index (κ1) is 15.7. The zero-order valence-corrected chi connectivity index (χ0v) is 12.1. The first-order chi connectivity index (χ1) is 7.56. The van der Waals surface area contributed by atoms with Crippen molar-refractivity contribution in [1.29, 1.82) is 0 Å². The number of rotatable bonds is 9. The molecule has 1 heteroatoms. The molecule has 1 unspecified atom stereocenters. The lowest BCUT2D eigenvalue weighted by Gasteiger charge is -2.11. The first-order valence-electron chi connectivity index (χ1n) is 7.09. The molecule has 0 aromatic rings. The molecule has 0 aromatic heterocycles. The van der Waals surface area contributed by atoms with Gasteiger partial charge in [-0.1, -0.05) is 46.5 Å². The van der Waals surface area contributed by atoms with Crippen LogP contribution in [0, 0.1) is 5.92 Å². The molecule has 0 aliphatic rings. The highest BCUT2D eigenvalue weighted by Gasteiger charge is 2.03. The van der Waals surface area contributed by atoms with E-state index in [1.165, 1.54) is 50.7 Å². The lowest BCUT2D eigenvalue weighted by molar-refractivity contribution is 0.520. The summed E-state index contributed by atoms with van der Waals surface area (Å²) in [6.07, 6.45) is 9.23. The average Bonchev–Trinajstić information content (AvgIpc) is 2.15. The van der Waals surface area contributed by atoms with E-state index in [9.17, 15) is 0 Å². The Morgan fingerprint density at radius 2 is 1.62 bits per heavy atom. The highest BCUT2D eigenvalue weighted by atomic mass is 14.8. The van der Waals surface area contributed by atoms with Gasteiger partial charge >= 0.3 is 0 Å². The van der Waals surface area contributed by atoms with Gasteiger partial charge in [0.25, 0.3) is 0 Å². The molecule has 16 heavy (non-hydrogen) atoms. The van der Waals surface area contributed by atoms with Gasteiger partial charge in [-0.3, -0.25) is 4.99 Å². The van der Waals surface area contributed by atoms with E-state index in [-0.39, 0.29) is 0 Å². The van der Waals surface area contributed by atoms with Crippen LogP contribution in [-0.4, -0.2) is 11.8 Å². The van der Waals surface area contributed by atoms with Crippen LogP contribution >= 0.6 is 0 Å². The number of aliphatic imine (C=N–C) groups is 1. The minimum absolute atomic E-state index is 0.510. The maximum absolute atomic E-state index is 4.75. The van der Waals surface area contributed by atoms with E-state index in [1.54, 1.807) is 0 Å². The third-order valence-electron chi connectivity index (χ3n) is 2.90. The highest BCUT2D eigenvalue weighted by molar-refractivity contribution is 5.81. The zero-order valence-electron chi connectivity index (χ0n) is 12.1. The van der Waals surface area contributed by atoms with Gasteiger partial charge in [0.2, 0.25) is 0 Å². The monoisotopic (exact) mass is 225 g/mol. The molecule has 0 aliphatic heterocycles.